The highest BCUT2D eigenvalue weighted by atomic mass is 32.1. The molecule has 0 saturated carbocycles. The van der Waals surface area contributed by atoms with E-state index in [1.165, 1.54) is 0 Å². The van der Waals surface area contributed by atoms with Crippen molar-refractivity contribution in [3.05, 3.63) is 0 Å². The third kappa shape index (κ3) is 5.39. The molecule has 0 saturated heterocycles. The number of carbonyl (C=O) groups excluding carboxylic acids is 2. The lowest BCUT2D eigenvalue weighted by Crippen LogP contribution is -2.48. The predicted molar refractivity (Wildman–Crippen MR) is 68.5 cm³/mol. The second kappa shape index (κ2) is 7.54. The van der Waals surface area contributed by atoms with Crippen LogP contribution in [0.1, 0.15) is 34.1 Å². The zero-order valence-corrected chi connectivity index (χ0v) is 11.3. The van der Waals surface area contributed by atoms with E-state index < -0.39 is 6.04 Å². The Labute approximate surface area is 103 Å². The second-order valence-corrected chi connectivity index (χ2v) is 4.77. The molecule has 16 heavy (non-hydrogen) atoms. The van der Waals surface area contributed by atoms with E-state index in [1.54, 1.807) is 6.92 Å². The maximum atomic E-state index is 11.6. The van der Waals surface area contributed by atoms with Crippen molar-refractivity contribution >= 4 is 24.4 Å². The van der Waals surface area contributed by atoms with Crippen molar-refractivity contribution in [1.82, 2.24) is 10.6 Å². The molecule has 94 valence electrons. The van der Waals surface area contributed by atoms with Gasteiger partial charge in [-0.25, -0.2) is 0 Å². The Kier molecular flexibility index (Phi) is 7.21. The quantitative estimate of drug-likeness (QED) is 0.612. The average Bonchev–Trinajstić information content (AvgIpc) is 2.24. The van der Waals surface area contributed by atoms with Gasteiger partial charge in [0.05, 0.1) is 5.25 Å². The van der Waals surface area contributed by atoms with E-state index in [2.05, 4.69) is 23.3 Å². The largest absolute Gasteiger partial charge is 0.354 e. The lowest BCUT2D eigenvalue weighted by atomic mass is 10.1. The number of hydrogen-bond donors (Lipinski definition) is 3. The lowest BCUT2D eigenvalue weighted by Gasteiger charge is -2.18. The van der Waals surface area contributed by atoms with Gasteiger partial charge in [0.15, 0.2) is 0 Å². The molecule has 0 aliphatic heterocycles. The number of hydrogen-bond acceptors (Lipinski definition) is 3. The average molecular weight is 246 g/mol. The second-order valence-electron chi connectivity index (χ2n) is 4.21. The summed E-state index contributed by atoms with van der Waals surface area (Å²) in [6.45, 7) is 8.11. The molecule has 2 atom stereocenters. The van der Waals surface area contributed by atoms with Crippen molar-refractivity contribution in [1.29, 1.82) is 0 Å². The summed E-state index contributed by atoms with van der Waals surface area (Å²) >= 11 is 4.19. The summed E-state index contributed by atoms with van der Waals surface area (Å²) in [5, 5.41) is 5.00. The summed E-state index contributed by atoms with van der Waals surface area (Å²) in [7, 11) is 0. The normalized spacial score (nSPS) is 14.4. The van der Waals surface area contributed by atoms with Crippen LogP contribution in [0.5, 0.6) is 0 Å². The van der Waals surface area contributed by atoms with Gasteiger partial charge in [-0.05, 0) is 19.3 Å². The molecule has 4 nitrogen and oxygen atoms in total. The molecule has 0 heterocycles. The van der Waals surface area contributed by atoms with Gasteiger partial charge in [0.25, 0.3) is 0 Å². The van der Waals surface area contributed by atoms with Crippen LogP contribution in [-0.2, 0) is 9.59 Å². The standard InChI is InChI=1S/C11H22N2O2S/c1-5-6-12-10(14)8(4)13-11(15)9(16)7(2)3/h7-9,16H,5-6H2,1-4H3,(H,12,14)(H,13,15). The number of carbonyl (C=O) groups is 2. The van der Waals surface area contributed by atoms with Crippen molar-refractivity contribution < 1.29 is 9.59 Å². The molecule has 0 spiro atoms. The van der Waals surface area contributed by atoms with Gasteiger partial charge in [-0.1, -0.05) is 20.8 Å². The molecule has 0 aromatic rings. The van der Waals surface area contributed by atoms with Crippen LogP contribution in [-0.4, -0.2) is 29.7 Å². The first-order valence-electron chi connectivity index (χ1n) is 5.66. The van der Waals surface area contributed by atoms with Gasteiger partial charge < -0.3 is 10.6 Å². The molecular weight excluding hydrogens is 224 g/mol. The summed E-state index contributed by atoms with van der Waals surface area (Å²) in [6, 6.07) is -0.507. The molecule has 0 aromatic carbocycles. The first kappa shape index (κ1) is 15.3. The van der Waals surface area contributed by atoms with Crippen LogP contribution in [0.3, 0.4) is 0 Å². The molecule has 0 fully saturated rings. The third-order valence-electron chi connectivity index (χ3n) is 2.20. The van der Waals surface area contributed by atoms with Gasteiger partial charge in [-0.2, -0.15) is 12.6 Å². The minimum Gasteiger partial charge on any atom is -0.354 e. The molecule has 2 unspecified atom stereocenters. The predicted octanol–water partition coefficient (Wildman–Crippen LogP) is 0.972. The van der Waals surface area contributed by atoms with Crippen LogP contribution in [0.25, 0.3) is 0 Å². The SMILES string of the molecule is CCCNC(=O)C(C)NC(=O)C(S)C(C)C. The molecule has 0 bridgehead atoms. The Morgan fingerprint density at radius 1 is 1.19 bits per heavy atom. The molecule has 5 heteroatoms. The minimum atomic E-state index is -0.507. The fourth-order valence-corrected chi connectivity index (χ4v) is 1.14. The molecular formula is C11H22N2O2S. The Morgan fingerprint density at radius 3 is 2.19 bits per heavy atom. The maximum Gasteiger partial charge on any atom is 0.242 e. The molecule has 0 aliphatic rings. The molecule has 0 radical (unpaired) electrons. The monoisotopic (exact) mass is 246 g/mol. The number of amides is 2. The summed E-state index contributed by atoms with van der Waals surface area (Å²) in [5.74, 6) is -0.203. The maximum absolute atomic E-state index is 11.6. The van der Waals surface area contributed by atoms with Gasteiger partial charge in [-0.15, -0.1) is 0 Å². The minimum absolute atomic E-state index is 0.147. The van der Waals surface area contributed by atoms with E-state index >= 15 is 0 Å². The van der Waals surface area contributed by atoms with Gasteiger partial charge in [0.2, 0.25) is 11.8 Å². The lowest BCUT2D eigenvalue weighted by molar-refractivity contribution is -0.128. The molecule has 2 N–H and O–H groups in total. The Balaban J connectivity index is 4.08. The van der Waals surface area contributed by atoms with Gasteiger partial charge in [0.1, 0.15) is 6.04 Å². The van der Waals surface area contributed by atoms with E-state index in [0.717, 1.165) is 6.42 Å². The van der Waals surface area contributed by atoms with E-state index in [9.17, 15) is 9.59 Å². The number of rotatable bonds is 6. The third-order valence-corrected chi connectivity index (χ3v) is 3.03. The molecule has 2 amide bonds. The molecule has 0 rings (SSSR count). The van der Waals surface area contributed by atoms with Crippen LogP contribution in [0.4, 0.5) is 0 Å². The van der Waals surface area contributed by atoms with Crippen LogP contribution < -0.4 is 10.6 Å². The van der Waals surface area contributed by atoms with Crippen LogP contribution >= 0.6 is 12.6 Å². The van der Waals surface area contributed by atoms with E-state index in [0.29, 0.717) is 6.54 Å². The highest BCUT2D eigenvalue weighted by Crippen LogP contribution is 2.08. The number of thiol groups is 1. The zero-order chi connectivity index (χ0) is 12.7. The summed E-state index contributed by atoms with van der Waals surface area (Å²) < 4.78 is 0. The molecule has 0 aromatic heterocycles. The number of nitrogens with one attached hydrogen (secondary N) is 2. The van der Waals surface area contributed by atoms with Crippen molar-refractivity contribution in [2.45, 2.75) is 45.4 Å². The van der Waals surface area contributed by atoms with Crippen molar-refractivity contribution in [2.24, 2.45) is 5.92 Å². The van der Waals surface area contributed by atoms with E-state index in [1.807, 2.05) is 20.8 Å². The van der Waals surface area contributed by atoms with E-state index in [-0.39, 0.29) is 23.0 Å². The Bertz CT molecular complexity index is 244. The van der Waals surface area contributed by atoms with Crippen molar-refractivity contribution in [3.63, 3.8) is 0 Å². The van der Waals surface area contributed by atoms with Crippen LogP contribution in [0.15, 0.2) is 0 Å². The first-order chi connectivity index (χ1) is 7.40. The highest BCUT2D eigenvalue weighted by molar-refractivity contribution is 7.81. The smallest absolute Gasteiger partial charge is 0.242 e. The Morgan fingerprint density at radius 2 is 1.75 bits per heavy atom. The Hall–Kier alpha value is -0.710. The van der Waals surface area contributed by atoms with Gasteiger partial charge >= 0.3 is 0 Å². The zero-order valence-electron chi connectivity index (χ0n) is 10.4. The van der Waals surface area contributed by atoms with Crippen molar-refractivity contribution in [2.75, 3.05) is 6.54 Å². The van der Waals surface area contributed by atoms with Crippen molar-refractivity contribution in [3.8, 4) is 0 Å². The topological polar surface area (TPSA) is 58.2 Å². The van der Waals surface area contributed by atoms with Gasteiger partial charge in [0, 0.05) is 6.54 Å². The van der Waals surface area contributed by atoms with Crippen LogP contribution in [0.2, 0.25) is 0 Å². The van der Waals surface area contributed by atoms with Gasteiger partial charge in [-0.3, -0.25) is 9.59 Å². The summed E-state index contributed by atoms with van der Waals surface area (Å²) in [4.78, 5) is 23.1. The van der Waals surface area contributed by atoms with Crippen LogP contribution in [0, 0.1) is 5.92 Å². The summed E-state index contributed by atoms with van der Waals surface area (Å²) in [5.41, 5.74) is 0. The fraction of sp³-hybridized carbons (Fsp3) is 0.818. The first-order valence-corrected chi connectivity index (χ1v) is 6.17. The van der Waals surface area contributed by atoms with E-state index in [4.69, 9.17) is 0 Å². The highest BCUT2D eigenvalue weighted by Gasteiger charge is 2.21. The molecule has 0 aliphatic carbocycles. The summed E-state index contributed by atoms with van der Waals surface area (Å²) in [6.07, 6.45) is 0.883. The fourth-order valence-electron chi connectivity index (χ4n) is 1.07.